The van der Waals surface area contributed by atoms with E-state index in [2.05, 4.69) is 18.7 Å². The molecule has 0 fully saturated rings. The topological polar surface area (TPSA) is 49.8 Å². The number of esters is 1. The third-order valence-electron chi connectivity index (χ3n) is 2.75. The molecule has 0 aliphatic heterocycles. The molecule has 0 aromatic heterocycles. The van der Waals surface area contributed by atoms with Crippen LogP contribution in [0.2, 0.25) is 0 Å². The van der Waals surface area contributed by atoms with Gasteiger partial charge in [-0.3, -0.25) is 9.69 Å². The fraction of sp³-hybridized carbons (Fsp3) is 0.917. The summed E-state index contributed by atoms with van der Waals surface area (Å²) in [5.74, 6) is -0.156. The highest BCUT2D eigenvalue weighted by molar-refractivity contribution is 5.69. The predicted octanol–water partition coefficient (Wildman–Crippen LogP) is 1.42. The zero-order valence-corrected chi connectivity index (χ0v) is 10.7. The normalized spacial score (nSPS) is 11.1. The lowest BCUT2D eigenvalue weighted by Gasteiger charge is -2.29. The van der Waals surface area contributed by atoms with Gasteiger partial charge in [0.25, 0.3) is 0 Å². The number of aliphatic hydroxyl groups excluding tert-OH is 1. The summed E-state index contributed by atoms with van der Waals surface area (Å²) >= 11 is 0. The Morgan fingerprint density at radius 3 is 2.31 bits per heavy atom. The van der Waals surface area contributed by atoms with E-state index in [4.69, 9.17) is 9.84 Å². The first-order valence-corrected chi connectivity index (χ1v) is 6.20. The van der Waals surface area contributed by atoms with Gasteiger partial charge in [0.2, 0.25) is 0 Å². The maximum Gasteiger partial charge on any atom is 0.307 e. The van der Waals surface area contributed by atoms with Crippen LogP contribution in [0.1, 0.15) is 40.0 Å². The number of carbonyl (C=O) groups excluding carboxylic acids is 1. The van der Waals surface area contributed by atoms with Crippen LogP contribution < -0.4 is 0 Å². The molecule has 4 heteroatoms. The van der Waals surface area contributed by atoms with E-state index in [0.717, 1.165) is 12.8 Å². The van der Waals surface area contributed by atoms with Gasteiger partial charge < -0.3 is 9.84 Å². The van der Waals surface area contributed by atoms with E-state index in [1.54, 1.807) is 0 Å². The lowest BCUT2D eigenvalue weighted by Crippen LogP contribution is -2.38. The number of nitrogens with zero attached hydrogens (tertiary/aromatic N) is 1. The van der Waals surface area contributed by atoms with Crippen molar-refractivity contribution >= 4 is 5.97 Å². The molecule has 0 saturated carbocycles. The molecule has 96 valence electrons. The van der Waals surface area contributed by atoms with Crippen molar-refractivity contribution in [3.8, 4) is 0 Å². The molecular formula is C12H25NO3. The molecule has 0 amide bonds. The summed E-state index contributed by atoms with van der Waals surface area (Å²) in [6.07, 6.45) is 2.49. The second-order valence-corrected chi connectivity index (χ2v) is 3.78. The van der Waals surface area contributed by atoms with Crippen LogP contribution >= 0.6 is 0 Å². The molecule has 4 nitrogen and oxygen atoms in total. The Bertz CT molecular complexity index is 181. The minimum atomic E-state index is -0.156. The zero-order valence-electron chi connectivity index (χ0n) is 10.7. The highest BCUT2D eigenvalue weighted by atomic mass is 16.5. The summed E-state index contributed by atoms with van der Waals surface area (Å²) in [5, 5.41) is 8.99. The number of hydrogen-bond donors (Lipinski definition) is 1. The van der Waals surface area contributed by atoms with Gasteiger partial charge in [-0.25, -0.2) is 0 Å². The standard InChI is InChI=1S/C12H25NO3/c1-4-11(5-2)13(9-10-14)8-7-12(15)16-6-3/h11,14H,4-10H2,1-3H3. The average molecular weight is 231 g/mol. The van der Waals surface area contributed by atoms with E-state index in [0.29, 0.717) is 32.2 Å². The number of carbonyl (C=O) groups is 1. The molecule has 0 saturated heterocycles. The van der Waals surface area contributed by atoms with Gasteiger partial charge in [-0.2, -0.15) is 0 Å². The Labute approximate surface area is 98.6 Å². The van der Waals surface area contributed by atoms with Crippen molar-refractivity contribution in [3.63, 3.8) is 0 Å². The van der Waals surface area contributed by atoms with Crippen LogP contribution in [0.15, 0.2) is 0 Å². The van der Waals surface area contributed by atoms with E-state index in [-0.39, 0.29) is 12.6 Å². The van der Waals surface area contributed by atoms with Crippen molar-refractivity contribution in [2.75, 3.05) is 26.3 Å². The fourth-order valence-corrected chi connectivity index (χ4v) is 1.88. The minimum absolute atomic E-state index is 0.138. The van der Waals surface area contributed by atoms with Gasteiger partial charge in [0.1, 0.15) is 0 Å². The van der Waals surface area contributed by atoms with Crippen molar-refractivity contribution < 1.29 is 14.6 Å². The molecule has 0 heterocycles. The van der Waals surface area contributed by atoms with Crippen LogP contribution in [0.25, 0.3) is 0 Å². The van der Waals surface area contributed by atoms with Crippen LogP contribution in [0.4, 0.5) is 0 Å². The lowest BCUT2D eigenvalue weighted by atomic mass is 10.1. The fourth-order valence-electron chi connectivity index (χ4n) is 1.88. The molecule has 0 bridgehead atoms. The number of aliphatic hydroxyl groups is 1. The van der Waals surface area contributed by atoms with Crippen LogP contribution in [-0.2, 0) is 9.53 Å². The number of ether oxygens (including phenoxy) is 1. The Hall–Kier alpha value is -0.610. The van der Waals surface area contributed by atoms with Crippen LogP contribution in [0.3, 0.4) is 0 Å². The van der Waals surface area contributed by atoms with E-state index in [1.165, 1.54) is 0 Å². The van der Waals surface area contributed by atoms with Gasteiger partial charge in [-0.1, -0.05) is 13.8 Å². The maximum atomic E-state index is 11.2. The van der Waals surface area contributed by atoms with E-state index in [1.807, 2.05) is 6.92 Å². The van der Waals surface area contributed by atoms with Gasteiger partial charge in [0.05, 0.1) is 19.6 Å². The predicted molar refractivity (Wildman–Crippen MR) is 64.3 cm³/mol. The minimum Gasteiger partial charge on any atom is -0.466 e. The number of hydrogen-bond acceptors (Lipinski definition) is 4. The summed E-state index contributed by atoms with van der Waals surface area (Å²) in [4.78, 5) is 13.4. The average Bonchev–Trinajstić information content (AvgIpc) is 2.28. The zero-order chi connectivity index (χ0) is 12.4. The van der Waals surface area contributed by atoms with Crippen LogP contribution in [0.5, 0.6) is 0 Å². The smallest absolute Gasteiger partial charge is 0.307 e. The highest BCUT2D eigenvalue weighted by Crippen LogP contribution is 2.08. The van der Waals surface area contributed by atoms with Crippen LogP contribution in [0, 0.1) is 0 Å². The molecule has 1 N–H and O–H groups in total. The highest BCUT2D eigenvalue weighted by Gasteiger charge is 2.15. The Balaban J connectivity index is 4.06. The summed E-state index contributed by atoms with van der Waals surface area (Å²) < 4.78 is 4.89. The van der Waals surface area contributed by atoms with E-state index >= 15 is 0 Å². The largest absolute Gasteiger partial charge is 0.466 e. The van der Waals surface area contributed by atoms with E-state index < -0.39 is 0 Å². The monoisotopic (exact) mass is 231 g/mol. The molecule has 0 radical (unpaired) electrons. The SMILES string of the molecule is CCOC(=O)CCN(CCO)C(CC)CC. The third-order valence-corrected chi connectivity index (χ3v) is 2.75. The molecule has 0 spiro atoms. The summed E-state index contributed by atoms with van der Waals surface area (Å²) in [6.45, 7) is 7.94. The van der Waals surface area contributed by atoms with Crippen molar-refractivity contribution in [2.24, 2.45) is 0 Å². The van der Waals surface area contributed by atoms with Gasteiger partial charge >= 0.3 is 5.97 Å². The quantitative estimate of drug-likeness (QED) is 0.610. The van der Waals surface area contributed by atoms with Gasteiger partial charge in [0.15, 0.2) is 0 Å². The summed E-state index contributed by atoms with van der Waals surface area (Å²) in [6, 6.07) is 0.446. The summed E-state index contributed by atoms with van der Waals surface area (Å²) in [7, 11) is 0. The second-order valence-electron chi connectivity index (χ2n) is 3.78. The molecule has 0 aromatic carbocycles. The molecule has 0 atom stereocenters. The second kappa shape index (κ2) is 9.60. The third kappa shape index (κ3) is 6.08. The Morgan fingerprint density at radius 2 is 1.88 bits per heavy atom. The molecule has 0 unspecified atom stereocenters. The first-order valence-electron chi connectivity index (χ1n) is 6.20. The maximum absolute atomic E-state index is 11.2. The number of rotatable bonds is 9. The first-order chi connectivity index (χ1) is 7.69. The van der Waals surface area contributed by atoms with Crippen molar-refractivity contribution in [1.29, 1.82) is 0 Å². The molecular weight excluding hydrogens is 206 g/mol. The van der Waals surface area contributed by atoms with Gasteiger partial charge in [-0.15, -0.1) is 0 Å². The van der Waals surface area contributed by atoms with Crippen molar-refractivity contribution in [2.45, 2.75) is 46.1 Å². The first kappa shape index (κ1) is 15.4. The Kier molecular flexibility index (Phi) is 9.24. The van der Waals surface area contributed by atoms with Gasteiger partial charge in [0, 0.05) is 19.1 Å². The van der Waals surface area contributed by atoms with Gasteiger partial charge in [-0.05, 0) is 19.8 Å². The molecule has 0 rings (SSSR count). The summed E-state index contributed by atoms with van der Waals surface area (Å²) in [5.41, 5.74) is 0. The Morgan fingerprint density at radius 1 is 1.25 bits per heavy atom. The molecule has 0 aromatic rings. The van der Waals surface area contributed by atoms with Crippen LogP contribution in [-0.4, -0.2) is 48.3 Å². The van der Waals surface area contributed by atoms with E-state index in [9.17, 15) is 4.79 Å². The molecule has 0 aliphatic rings. The lowest BCUT2D eigenvalue weighted by molar-refractivity contribution is -0.143. The van der Waals surface area contributed by atoms with Crippen molar-refractivity contribution in [3.05, 3.63) is 0 Å². The molecule has 16 heavy (non-hydrogen) atoms. The van der Waals surface area contributed by atoms with Crippen molar-refractivity contribution in [1.82, 2.24) is 4.90 Å². The molecule has 0 aliphatic carbocycles.